The molecule has 0 aliphatic carbocycles. The summed E-state index contributed by atoms with van der Waals surface area (Å²) in [6.45, 7) is 11.9. The Balaban J connectivity index is 1.35. The number of benzene rings is 2. The number of hydrogen-bond donors (Lipinski definition) is 1. The normalized spacial score (nSPS) is 23.1. The van der Waals surface area contributed by atoms with Gasteiger partial charge in [0.25, 0.3) is 0 Å². The Kier molecular flexibility index (Phi) is 7.71. The summed E-state index contributed by atoms with van der Waals surface area (Å²) >= 11 is 0. The Labute approximate surface area is 198 Å². The van der Waals surface area contributed by atoms with Crippen molar-refractivity contribution in [1.82, 2.24) is 4.90 Å². The van der Waals surface area contributed by atoms with Crippen molar-refractivity contribution in [2.75, 3.05) is 44.8 Å². The second-order valence-electron chi connectivity index (χ2n) is 10.1. The van der Waals surface area contributed by atoms with E-state index in [1.54, 1.807) is 0 Å². The van der Waals surface area contributed by atoms with Crippen molar-refractivity contribution in [2.45, 2.75) is 45.4 Å². The van der Waals surface area contributed by atoms with Gasteiger partial charge in [-0.25, -0.2) is 0 Å². The number of ether oxygens (including phenoxy) is 2. The monoisotopic (exact) mass is 450 g/mol. The van der Waals surface area contributed by atoms with Crippen molar-refractivity contribution in [3.05, 3.63) is 59.7 Å². The fourth-order valence-electron chi connectivity index (χ4n) is 5.46. The molecular formula is C28H38N2O3. The third kappa shape index (κ3) is 5.96. The molecule has 33 heavy (non-hydrogen) atoms. The van der Waals surface area contributed by atoms with Crippen LogP contribution in [0.15, 0.2) is 48.5 Å². The number of nitrogens with zero attached hydrogens (tertiary/aromatic N) is 1. The van der Waals surface area contributed by atoms with Gasteiger partial charge in [-0.15, -0.1) is 0 Å². The topological polar surface area (TPSA) is 50.8 Å². The van der Waals surface area contributed by atoms with E-state index in [1.165, 1.54) is 12.0 Å². The first-order chi connectivity index (χ1) is 15.9. The number of carbonyl (C=O) groups is 1. The van der Waals surface area contributed by atoms with Gasteiger partial charge in [-0.05, 0) is 67.9 Å². The summed E-state index contributed by atoms with van der Waals surface area (Å²) in [5, 5.41) is 3.16. The van der Waals surface area contributed by atoms with Gasteiger partial charge in [0.15, 0.2) is 0 Å². The zero-order valence-electron chi connectivity index (χ0n) is 20.3. The summed E-state index contributed by atoms with van der Waals surface area (Å²) in [5.74, 6) is 2.40. The molecule has 2 aliphatic rings. The predicted molar refractivity (Wildman–Crippen MR) is 133 cm³/mol. The van der Waals surface area contributed by atoms with E-state index in [0.717, 1.165) is 48.5 Å². The first-order valence-corrected chi connectivity index (χ1v) is 12.4. The largest absolute Gasteiger partial charge is 0.492 e. The average Bonchev–Trinajstić information content (AvgIpc) is 2.80. The van der Waals surface area contributed by atoms with Crippen LogP contribution in [-0.2, 0) is 14.9 Å². The Hall–Kier alpha value is -2.37. The highest BCUT2D eigenvalue weighted by Gasteiger charge is 2.41. The van der Waals surface area contributed by atoms with Crippen molar-refractivity contribution in [2.24, 2.45) is 11.8 Å². The molecule has 0 radical (unpaired) electrons. The Morgan fingerprint density at radius 1 is 1.09 bits per heavy atom. The van der Waals surface area contributed by atoms with Gasteiger partial charge in [-0.2, -0.15) is 0 Å². The number of amides is 1. The van der Waals surface area contributed by atoms with Crippen molar-refractivity contribution < 1.29 is 14.3 Å². The highest BCUT2D eigenvalue weighted by Crippen LogP contribution is 2.36. The van der Waals surface area contributed by atoms with Gasteiger partial charge in [-0.3, -0.25) is 9.69 Å². The molecule has 178 valence electrons. The fraction of sp³-hybridized carbons (Fsp3) is 0.536. The van der Waals surface area contributed by atoms with Crippen LogP contribution < -0.4 is 10.1 Å². The van der Waals surface area contributed by atoms with Crippen LogP contribution in [0.1, 0.15) is 44.2 Å². The number of anilines is 1. The van der Waals surface area contributed by atoms with E-state index >= 15 is 0 Å². The molecule has 0 unspecified atom stereocenters. The SMILES string of the molecule is Cc1cccc(C2(C(=O)Nc3ccc(OCCN4C[C@@H](C)C[C@H](C)C4)cc3)CCOCC2)c1. The number of nitrogens with one attached hydrogen (secondary N) is 1. The van der Waals surface area contributed by atoms with Crippen molar-refractivity contribution in [3.63, 3.8) is 0 Å². The Morgan fingerprint density at radius 3 is 2.45 bits per heavy atom. The zero-order valence-corrected chi connectivity index (χ0v) is 20.3. The lowest BCUT2D eigenvalue weighted by atomic mass is 9.73. The lowest BCUT2D eigenvalue weighted by molar-refractivity contribution is -0.125. The molecule has 5 heteroatoms. The second-order valence-corrected chi connectivity index (χ2v) is 10.1. The number of aryl methyl sites for hydroxylation is 1. The molecule has 1 amide bonds. The van der Waals surface area contributed by atoms with Gasteiger partial charge in [-0.1, -0.05) is 43.7 Å². The molecule has 2 aliphatic heterocycles. The van der Waals surface area contributed by atoms with Crippen LogP contribution in [0.4, 0.5) is 5.69 Å². The fourth-order valence-corrected chi connectivity index (χ4v) is 5.46. The van der Waals surface area contributed by atoms with Gasteiger partial charge in [0.1, 0.15) is 12.4 Å². The molecule has 0 aromatic heterocycles. The summed E-state index contributed by atoms with van der Waals surface area (Å²) in [6, 6.07) is 16.1. The van der Waals surface area contributed by atoms with Crippen molar-refractivity contribution >= 4 is 11.6 Å². The molecule has 1 N–H and O–H groups in total. The third-order valence-corrected chi connectivity index (χ3v) is 7.08. The first kappa shape index (κ1) is 23.8. The lowest BCUT2D eigenvalue weighted by Crippen LogP contribution is -2.44. The maximum absolute atomic E-state index is 13.5. The maximum atomic E-state index is 13.5. The number of rotatable bonds is 7. The Bertz CT molecular complexity index is 911. The van der Waals surface area contributed by atoms with Gasteiger partial charge in [0, 0.05) is 38.5 Å². The van der Waals surface area contributed by atoms with E-state index in [1.807, 2.05) is 30.3 Å². The Morgan fingerprint density at radius 2 is 1.79 bits per heavy atom. The molecular weight excluding hydrogens is 412 g/mol. The van der Waals surface area contributed by atoms with E-state index in [0.29, 0.717) is 32.7 Å². The predicted octanol–water partition coefficient (Wildman–Crippen LogP) is 5.04. The molecule has 2 aromatic rings. The molecule has 2 atom stereocenters. The minimum atomic E-state index is -0.553. The number of hydrogen-bond acceptors (Lipinski definition) is 4. The molecule has 2 fully saturated rings. The van der Waals surface area contributed by atoms with Crippen molar-refractivity contribution in [1.29, 1.82) is 0 Å². The summed E-state index contributed by atoms with van der Waals surface area (Å²) in [6.07, 6.45) is 2.71. The average molecular weight is 451 g/mol. The number of carbonyl (C=O) groups excluding carboxylic acids is 1. The van der Waals surface area contributed by atoms with Crippen LogP contribution in [-0.4, -0.2) is 50.3 Å². The van der Waals surface area contributed by atoms with Crippen LogP contribution in [0, 0.1) is 18.8 Å². The minimum Gasteiger partial charge on any atom is -0.492 e. The standard InChI is InChI=1S/C28H38N2O3/c1-21-5-4-6-24(18-21)28(11-14-32-15-12-28)27(31)29-25-7-9-26(10-8-25)33-16-13-30-19-22(2)17-23(3)20-30/h4-10,18,22-23H,11-17,19-20H2,1-3H3,(H,29,31)/t22-,23-/m0/s1. The first-order valence-electron chi connectivity index (χ1n) is 12.4. The smallest absolute Gasteiger partial charge is 0.235 e. The van der Waals surface area contributed by atoms with Gasteiger partial charge in [0.2, 0.25) is 5.91 Å². The van der Waals surface area contributed by atoms with E-state index in [9.17, 15) is 4.79 Å². The van der Waals surface area contributed by atoms with E-state index in [-0.39, 0.29) is 5.91 Å². The van der Waals surface area contributed by atoms with E-state index < -0.39 is 5.41 Å². The number of piperidine rings is 1. The van der Waals surface area contributed by atoms with Gasteiger partial charge in [0.05, 0.1) is 5.41 Å². The van der Waals surface area contributed by atoms with Crippen LogP contribution in [0.5, 0.6) is 5.75 Å². The van der Waals surface area contributed by atoms with Gasteiger partial charge >= 0.3 is 0 Å². The summed E-state index contributed by atoms with van der Waals surface area (Å²) in [5.41, 5.74) is 2.48. The molecule has 4 rings (SSSR count). The molecule has 5 nitrogen and oxygen atoms in total. The molecule has 0 saturated carbocycles. The van der Waals surface area contributed by atoms with Crippen molar-refractivity contribution in [3.8, 4) is 5.75 Å². The number of likely N-dealkylation sites (tertiary alicyclic amines) is 1. The van der Waals surface area contributed by atoms with E-state index in [2.05, 4.69) is 49.2 Å². The quantitative estimate of drug-likeness (QED) is 0.642. The molecule has 2 aromatic carbocycles. The highest BCUT2D eigenvalue weighted by atomic mass is 16.5. The molecule has 0 bridgehead atoms. The summed E-state index contributed by atoms with van der Waals surface area (Å²) in [4.78, 5) is 16.0. The molecule has 0 spiro atoms. The van der Waals surface area contributed by atoms with Crippen LogP contribution >= 0.6 is 0 Å². The minimum absolute atomic E-state index is 0.0402. The second kappa shape index (κ2) is 10.7. The maximum Gasteiger partial charge on any atom is 0.235 e. The summed E-state index contributed by atoms with van der Waals surface area (Å²) in [7, 11) is 0. The third-order valence-electron chi connectivity index (χ3n) is 7.08. The zero-order chi connectivity index (χ0) is 23.3. The lowest BCUT2D eigenvalue weighted by Gasteiger charge is -2.36. The highest BCUT2D eigenvalue weighted by molar-refractivity contribution is 5.99. The molecule has 2 saturated heterocycles. The van der Waals surface area contributed by atoms with Crippen LogP contribution in [0.3, 0.4) is 0 Å². The summed E-state index contributed by atoms with van der Waals surface area (Å²) < 4.78 is 11.6. The van der Waals surface area contributed by atoms with E-state index in [4.69, 9.17) is 9.47 Å². The van der Waals surface area contributed by atoms with Gasteiger partial charge < -0.3 is 14.8 Å². The van der Waals surface area contributed by atoms with Crippen LogP contribution in [0.2, 0.25) is 0 Å². The molecule has 2 heterocycles. The van der Waals surface area contributed by atoms with Crippen LogP contribution in [0.25, 0.3) is 0 Å².